The van der Waals surface area contributed by atoms with Crippen molar-refractivity contribution in [3.8, 4) is 0 Å². The predicted molar refractivity (Wildman–Crippen MR) is 57.6 cm³/mol. The van der Waals surface area contributed by atoms with Crippen LogP contribution in [0.3, 0.4) is 0 Å². The molecule has 0 aliphatic rings. The van der Waals surface area contributed by atoms with Crippen LogP contribution in [0.2, 0.25) is 0 Å². The smallest absolute Gasteiger partial charge is 0.256 e. The topological polar surface area (TPSA) is 46.3 Å². The van der Waals surface area contributed by atoms with E-state index >= 15 is 0 Å². The Kier molecular flexibility index (Phi) is 4.65. The highest BCUT2D eigenvalue weighted by atomic mass is 35.5. The molecule has 0 aliphatic heterocycles. The summed E-state index contributed by atoms with van der Waals surface area (Å²) in [5.74, 6) is -0.374. The Balaban J connectivity index is 2.66. The minimum Gasteiger partial charge on any atom is -0.364 e. The second-order valence-corrected chi connectivity index (χ2v) is 3.90. The average molecular weight is 249 g/mol. The highest BCUT2D eigenvalue weighted by molar-refractivity contribution is 6.53. The summed E-state index contributed by atoms with van der Waals surface area (Å²) in [6, 6.07) is 1.67. The van der Waals surface area contributed by atoms with Crippen molar-refractivity contribution in [1.29, 1.82) is 0 Å². The number of aromatic nitrogens is 1. The fraction of sp³-hybridized carbons (Fsp3) is 0.333. The van der Waals surface area contributed by atoms with Gasteiger partial charge in [0.25, 0.3) is 5.91 Å². The first-order valence-corrected chi connectivity index (χ1v) is 5.09. The van der Waals surface area contributed by atoms with E-state index in [0.717, 1.165) is 0 Å². The van der Waals surface area contributed by atoms with E-state index in [1.165, 1.54) is 11.2 Å². The second kappa shape index (κ2) is 5.78. The molecule has 1 aromatic heterocycles. The van der Waals surface area contributed by atoms with Crippen molar-refractivity contribution in [2.24, 2.45) is 0 Å². The number of hydrogen-bond donors (Lipinski definition) is 0. The van der Waals surface area contributed by atoms with E-state index in [1.807, 2.05) is 0 Å². The largest absolute Gasteiger partial charge is 0.364 e. The lowest BCUT2D eigenvalue weighted by atomic mass is 10.3. The average Bonchev–Trinajstić information content (AvgIpc) is 2.68. The van der Waals surface area contributed by atoms with Crippen LogP contribution in [-0.2, 0) is 11.3 Å². The molecule has 0 aliphatic carbocycles. The Morgan fingerprint density at radius 3 is 2.93 bits per heavy atom. The summed E-state index contributed by atoms with van der Waals surface area (Å²) in [7, 11) is 0. The van der Waals surface area contributed by atoms with Gasteiger partial charge in [-0.2, -0.15) is 0 Å². The number of alkyl halides is 2. The highest BCUT2D eigenvalue weighted by Gasteiger charge is 2.20. The normalized spacial score (nSPS) is 10.3. The fourth-order valence-electron chi connectivity index (χ4n) is 1.04. The molecule has 0 unspecified atom stereocenters. The van der Waals surface area contributed by atoms with Gasteiger partial charge in [0.05, 0.1) is 6.54 Å². The van der Waals surface area contributed by atoms with Crippen molar-refractivity contribution >= 4 is 29.1 Å². The van der Waals surface area contributed by atoms with Gasteiger partial charge in [-0.15, -0.1) is 6.58 Å². The number of amides is 1. The first-order valence-electron chi connectivity index (χ1n) is 4.22. The van der Waals surface area contributed by atoms with E-state index in [4.69, 9.17) is 23.2 Å². The lowest BCUT2D eigenvalue weighted by Gasteiger charge is -2.20. The van der Waals surface area contributed by atoms with Crippen molar-refractivity contribution in [1.82, 2.24) is 10.1 Å². The van der Waals surface area contributed by atoms with Crippen molar-refractivity contribution in [3.63, 3.8) is 0 Å². The third-order valence-electron chi connectivity index (χ3n) is 1.69. The van der Waals surface area contributed by atoms with E-state index < -0.39 is 4.84 Å². The highest BCUT2D eigenvalue weighted by Crippen LogP contribution is 2.10. The van der Waals surface area contributed by atoms with Gasteiger partial charge in [0, 0.05) is 12.6 Å². The molecule has 1 amide bonds. The molecule has 0 fully saturated rings. The quantitative estimate of drug-likeness (QED) is 0.592. The van der Waals surface area contributed by atoms with Gasteiger partial charge in [0.2, 0.25) is 0 Å². The van der Waals surface area contributed by atoms with E-state index in [0.29, 0.717) is 18.8 Å². The van der Waals surface area contributed by atoms with Crippen LogP contribution < -0.4 is 0 Å². The monoisotopic (exact) mass is 248 g/mol. The van der Waals surface area contributed by atoms with Crippen LogP contribution >= 0.6 is 23.2 Å². The molecule has 82 valence electrons. The molecular weight excluding hydrogens is 239 g/mol. The van der Waals surface area contributed by atoms with Gasteiger partial charge in [-0.3, -0.25) is 4.79 Å². The van der Waals surface area contributed by atoms with Crippen LogP contribution in [0.4, 0.5) is 0 Å². The molecule has 0 bridgehead atoms. The number of carbonyl (C=O) groups is 1. The Morgan fingerprint density at radius 1 is 1.73 bits per heavy atom. The summed E-state index contributed by atoms with van der Waals surface area (Å²) < 4.78 is 4.65. The molecular formula is C9H10Cl2N2O2. The van der Waals surface area contributed by atoms with Gasteiger partial charge in [0.15, 0.2) is 4.84 Å². The Labute approximate surface area is 97.4 Å². The Bertz CT molecular complexity index is 325. The van der Waals surface area contributed by atoms with Gasteiger partial charge in [0.1, 0.15) is 12.0 Å². The van der Waals surface area contributed by atoms with Gasteiger partial charge in [-0.05, 0) is 0 Å². The molecule has 0 aromatic carbocycles. The zero-order valence-electron chi connectivity index (χ0n) is 7.90. The zero-order chi connectivity index (χ0) is 11.3. The minimum atomic E-state index is -1.07. The number of hydrogen-bond acceptors (Lipinski definition) is 3. The second-order valence-electron chi connectivity index (χ2n) is 2.80. The molecule has 0 radical (unpaired) electrons. The number of carbonyl (C=O) groups excluding carboxylic acids is 1. The Hall–Kier alpha value is -1.000. The maximum Gasteiger partial charge on any atom is 0.256 e. The third kappa shape index (κ3) is 3.57. The van der Waals surface area contributed by atoms with Gasteiger partial charge >= 0.3 is 0 Å². The molecule has 1 aromatic rings. The summed E-state index contributed by atoms with van der Waals surface area (Å²) in [5, 5.41) is 3.69. The predicted octanol–water partition coefficient (Wildman–Crippen LogP) is 1.99. The molecule has 6 heteroatoms. The van der Waals surface area contributed by atoms with Crippen LogP contribution in [0.15, 0.2) is 29.5 Å². The fourth-order valence-corrected chi connectivity index (χ4v) is 1.32. The van der Waals surface area contributed by atoms with E-state index in [9.17, 15) is 4.79 Å². The van der Waals surface area contributed by atoms with Crippen LogP contribution in [0, 0.1) is 0 Å². The van der Waals surface area contributed by atoms with Crippen molar-refractivity contribution in [3.05, 3.63) is 30.7 Å². The number of nitrogens with zero attached hydrogens (tertiary/aromatic N) is 2. The summed E-state index contributed by atoms with van der Waals surface area (Å²) >= 11 is 11.0. The molecule has 0 atom stereocenters. The standard InChI is InChI=1S/C9H10Cl2N2O2/c1-2-4-13(9(14)8(10)11)6-7-3-5-15-12-7/h2-3,5,8H,1,4,6H2. The zero-order valence-corrected chi connectivity index (χ0v) is 9.41. The number of rotatable bonds is 5. The SMILES string of the molecule is C=CCN(Cc1ccon1)C(=O)C(Cl)Cl. The molecule has 4 nitrogen and oxygen atoms in total. The maximum absolute atomic E-state index is 11.5. The summed E-state index contributed by atoms with van der Waals surface area (Å²) in [5.41, 5.74) is 0.638. The molecule has 1 heterocycles. The van der Waals surface area contributed by atoms with E-state index in [-0.39, 0.29) is 5.91 Å². The van der Waals surface area contributed by atoms with Crippen molar-refractivity contribution < 1.29 is 9.32 Å². The number of halogens is 2. The minimum absolute atomic E-state index is 0.303. The van der Waals surface area contributed by atoms with Crippen LogP contribution in [0.25, 0.3) is 0 Å². The molecule has 0 saturated carbocycles. The van der Waals surface area contributed by atoms with Gasteiger partial charge in [-0.25, -0.2) is 0 Å². The van der Waals surface area contributed by atoms with Crippen LogP contribution in [-0.4, -0.2) is 27.3 Å². The first kappa shape index (κ1) is 12.1. The third-order valence-corrected chi connectivity index (χ3v) is 2.07. The molecule has 15 heavy (non-hydrogen) atoms. The molecule has 0 spiro atoms. The molecule has 0 N–H and O–H groups in total. The summed E-state index contributed by atoms with van der Waals surface area (Å²) in [6.07, 6.45) is 3.03. The summed E-state index contributed by atoms with van der Waals surface area (Å²) in [6.45, 7) is 4.21. The van der Waals surface area contributed by atoms with Gasteiger partial charge in [-0.1, -0.05) is 34.4 Å². The summed E-state index contributed by atoms with van der Waals surface area (Å²) in [4.78, 5) is 11.9. The molecule has 0 saturated heterocycles. The molecule has 1 rings (SSSR count). The lowest BCUT2D eigenvalue weighted by molar-refractivity contribution is -0.129. The van der Waals surface area contributed by atoms with Crippen molar-refractivity contribution in [2.75, 3.05) is 6.54 Å². The van der Waals surface area contributed by atoms with Gasteiger partial charge < -0.3 is 9.42 Å². The van der Waals surface area contributed by atoms with E-state index in [1.54, 1.807) is 12.1 Å². The maximum atomic E-state index is 11.5. The van der Waals surface area contributed by atoms with Crippen molar-refractivity contribution in [2.45, 2.75) is 11.4 Å². The lowest BCUT2D eigenvalue weighted by Crippen LogP contribution is -2.34. The van der Waals surface area contributed by atoms with Crippen LogP contribution in [0.5, 0.6) is 0 Å². The van der Waals surface area contributed by atoms with E-state index in [2.05, 4.69) is 16.3 Å². The first-order chi connectivity index (χ1) is 7.15. The van der Waals surface area contributed by atoms with Crippen LogP contribution in [0.1, 0.15) is 5.69 Å². The Morgan fingerprint density at radius 2 is 2.47 bits per heavy atom.